The molecule has 1 saturated heterocycles. The Morgan fingerprint density at radius 3 is 2.60 bits per heavy atom. The Bertz CT molecular complexity index is 450. The van der Waals surface area contributed by atoms with Crippen LogP contribution in [0.3, 0.4) is 0 Å². The molecule has 2 rings (SSSR count). The number of rotatable bonds is 6. The van der Waals surface area contributed by atoms with E-state index in [0.717, 1.165) is 6.54 Å². The maximum atomic E-state index is 12.5. The Morgan fingerprint density at radius 2 is 1.96 bits per heavy atom. The van der Waals surface area contributed by atoms with Gasteiger partial charge in [0.15, 0.2) is 0 Å². The van der Waals surface area contributed by atoms with Gasteiger partial charge in [0.2, 0.25) is 0 Å². The molecule has 7 heteroatoms. The predicted molar refractivity (Wildman–Crippen MR) is 95.7 cm³/mol. The fourth-order valence-corrected chi connectivity index (χ4v) is 3.82. The summed E-state index contributed by atoms with van der Waals surface area (Å²) in [5, 5.41) is 12.0. The maximum absolute atomic E-state index is 12.5. The van der Waals surface area contributed by atoms with Crippen LogP contribution in [-0.2, 0) is 9.53 Å². The molecule has 0 bridgehead atoms. The molecule has 2 amide bonds. The summed E-state index contributed by atoms with van der Waals surface area (Å²) in [5.74, 6) is -0.857. The van der Waals surface area contributed by atoms with E-state index in [9.17, 15) is 9.59 Å². The largest absolute Gasteiger partial charge is 0.480 e. The van der Waals surface area contributed by atoms with Crippen LogP contribution < -0.4 is 5.32 Å². The van der Waals surface area contributed by atoms with Crippen LogP contribution in [0.5, 0.6) is 0 Å². The van der Waals surface area contributed by atoms with Crippen LogP contribution in [0.2, 0.25) is 0 Å². The highest BCUT2D eigenvalue weighted by molar-refractivity contribution is 5.74. The van der Waals surface area contributed by atoms with Crippen molar-refractivity contribution in [3.8, 4) is 0 Å². The lowest BCUT2D eigenvalue weighted by Gasteiger charge is -2.36. The van der Waals surface area contributed by atoms with E-state index in [4.69, 9.17) is 9.84 Å². The lowest BCUT2D eigenvalue weighted by molar-refractivity contribution is -0.138. The fourth-order valence-electron chi connectivity index (χ4n) is 3.82. The smallest absolute Gasteiger partial charge is 0.317 e. The van der Waals surface area contributed by atoms with E-state index in [0.29, 0.717) is 26.2 Å². The number of urea groups is 1. The predicted octanol–water partition coefficient (Wildman–Crippen LogP) is 1.77. The quantitative estimate of drug-likeness (QED) is 0.710. The van der Waals surface area contributed by atoms with Crippen LogP contribution in [0.25, 0.3) is 0 Å². The van der Waals surface area contributed by atoms with E-state index in [1.54, 1.807) is 16.8 Å². The molecule has 0 aromatic heterocycles. The number of amides is 2. The molecule has 144 valence electrons. The average Bonchev–Trinajstić information content (AvgIpc) is 2.77. The highest BCUT2D eigenvalue weighted by Gasteiger charge is 2.29. The van der Waals surface area contributed by atoms with Crippen molar-refractivity contribution in [1.29, 1.82) is 0 Å². The third kappa shape index (κ3) is 6.82. The van der Waals surface area contributed by atoms with Crippen LogP contribution >= 0.6 is 0 Å². The number of nitrogens with zero attached hydrogens (tertiary/aromatic N) is 2. The summed E-state index contributed by atoms with van der Waals surface area (Å²) in [6.45, 7) is 5.08. The molecule has 2 N–H and O–H groups in total. The van der Waals surface area contributed by atoms with Gasteiger partial charge in [0.25, 0.3) is 0 Å². The number of carboxylic acids is 1. The molecule has 1 heterocycles. The summed E-state index contributed by atoms with van der Waals surface area (Å²) in [6, 6.07) is -0.0281. The van der Waals surface area contributed by atoms with Crippen molar-refractivity contribution in [3.63, 3.8) is 0 Å². The number of aliphatic carboxylic acids is 1. The minimum absolute atomic E-state index is 0.0234. The van der Waals surface area contributed by atoms with Crippen molar-refractivity contribution in [2.75, 3.05) is 46.4 Å². The SMILES string of the molecule is CN(CC(=O)O)CC1CN(C(=O)NCC2(C)CCCCCC2)CCO1. The molecule has 1 unspecified atom stereocenters. The van der Waals surface area contributed by atoms with Crippen LogP contribution in [0, 0.1) is 5.41 Å². The van der Waals surface area contributed by atoms with E-state index >= 15 is 0 Å². The van der Waals surface area contributed by atoms with Crippen LogP contribution in [-0.4, -0.2) is 79.4 Å². The van der Waals surface area contributed by atoms with Gasteiger partial charge in [-0.1, -0.05) is 32.6 Å². The molecular weight excluding hydrogens is 322 g/mol. The van der Waals surface area contributed by atoms with Crippen molar-refractivity contribution in [2.45, 2.75) is 51.6 Å². The van der Waals surface area contributed by atoms with Gasteiger partial charge in [-0.05, 0) is 25.3 Å². The summed E-state index contributed by atoms with van der Waals surface area (Å²) < 4.78 is 5.69. The Labute approximate surface area is 150 Å². The third-order valence-corrected chi connectivity index (χ3v) is 5.32. The molecule has 2 fully saturated rings. The number of nitrogens with one attached hydrogen (secondary N) is 1. The zero-order chi connectivity index (χ0) is 18.3. The van der Waals surface area contributed by atoms with Gasteiger partial charge < -0.3 is 20.1 Å². The average molecular weight is 355 g/mol. The molecule has 1 saturated carbocycles. The van der Waals surface area contributed by atoms with Gasteiger partial charge in [0.05, 0.1) is 19.3 Å². The van der Waals surface area contributed by atoms with Crippen molar-refractivity contribution >= 4 is 12.0 Å². The normalized spacial score (nSPS) is 24.0. The second-order valence-electron chi connectivity index (χ2n) is 7.91. The summed E-state index contributed by atoms with van der Waals surface area (Å²) >= 11 is 0. The number of ether oxygens (including phenoxy) is 1. The minimum atomic E-state index is -0.857. The highest BCUT2D eigenvalue weighted by Crippen LogP contribution is 2.33. The molecule has 1 aliphatic carbocycles. The lowest BCUT2D eigenvalue weighted by atomic mass is 9.82. The van der Waals surface area contributed by atoms with Crippen molar-refractivity contribution < 1.29 is 19.4 Å². The molecule has 0 aromatic carbocycles. The minimum Gasteiger partial charge on any atom is -0.480 e. The molecular formula is C18H33N3O4. The zero-order valence-electron chi connectivity index (χ0n) is 15.6. The number of carboxylic acid groups (broad SMARTS) is 1. The first-order valence-electron chi connectivity index (χ1n) is 9.43. The summed E-state index contributed by atoms with van der Waals surface area (Å²) in [5.41, 5.74) is 0.208. The van der Waals surface area contributed by atoms with Gasteiger partial charge in [-0.25, -0.2) is 4.79 Å². The van der Waals surface area contributed by atoms with E-state index in [-0.39, 0.29) is 24.1 Å². The van der Waals surface area contributed by atoms with Crippen LogP contribution in [0.15, 0.2) is 0 Å². The van der Waals surface area contributed by atoms with E-state index in [1.165, 1.54) is 38.5 Å². The molecule has 0 aromatic rings. The Morgan fingerprint density at radius 1 is 1.28 bits per heavy atom. The van der Waals surface area contributed by atoms with Gasteiger partial charge in [0, 0.05) is 26.2 Å². The van der Waals surface area contributed by atoms with Gasteiger partial charge in [-0.2, -0.15) is 0 Å². The maximum Gasteiger partial charge on any atom is 0.317 e. The molecule has 1 aliphatic heterocycles. The first kappa shape index (κ1) is 20.0. The molecule has 0 spiro atoms. The summed E-state index contributed by atoms with van der Waals surface area (Å²) in [6.07, 6.45) is 7.33. The molecule has 0 radical (unpaired) electrons. The fraction of sp³-hybridized carbons (Fsp3) is 0.889. The topological polar surface area (TPSA) is 82.1 Å². The monoisotopic (exact) mass is 355 g/mol. The highest BCUT2D eigenvalue weighted by atomic mass is 16.5. The first-order valence-corrected chi connectivity index (χ1v) is 9.43. The van der Waals surface area contributed by atoms with Gasteiger partial charge in [-0.15, -0.1) is 0 Å². The number of carbonyl (C=O) groups is 2. The van der Waals surface area contributed by atoms with Gasteiger partial charge in [-0.3, -0.25) is 9.69 Å². The van der Waals surface area contributed by atoms with Crippen LogP contribution in [0.1, 0.15) is 45.4 Å². The Kier molecular flexibility index (Phi) is 7.50. The standard InChI is InChI=1S/C18H33N3O4/c1-18(7-5-3-4-6-8-18)14-19-17(24)21-9-10-25-15(12-21)11-20(2)13-16(22)23/h15H,3-14H2,1-2H3,(H,19,24)(H,22,23). The van der Waals surface area contributed by atoms with Crippen molar-refractivity contribution in [3.05, 3.63) is 0 Å². The molecule has 2 aliphatic rings. The third-order valence-electron chi connectivity index (χ3n) is 5.32. The van der Waals surface area contributed by atoms with Gasteiger partial charge in [0.1, 0.15) is 0 Å². The second kappa shape index (κ2) is 9.38. The number of hydrogen-bond acceptors (Lipinski definition) is 4. The lowest BCUT2D eigenvalue weighted by Crippen LogP contribution is -2.53. The first-order chi connectivity index (χ1) is 11.9. The number of carbonyl (C=O) groups excluding carboxylic acids is 1. The second-order valence-corrected chi connectivity index (χ2v) is 7.91. The number of morpholine rings is 1. The van der Waals surface area contributed by atoms with E-state index in [1.807, 2.05) is 0 Å². The zero-order valence-corrected chi connectivity index (χ0v) is 15.6. The summed E-state index contributed by atoms with van der Waals surface area (Å²) in [4.78, 5) is 26.8. The molecule has 7 nitrogen and oxygen atoms in total. The van der Waals surface area contributed by atoms with E-state index < -0.39 is 5.97 Å². The van der Waals surface area contributed by atoms with Gasteiger partial charge >= 0.3 is 12.0 Å². The Hall–Kier alpha value is -1.34. The molecule has 25 heavy (non-hydrogen) atoms. The van der Waals surface area contributed by atoms with E-state index in [2.05, 4.69) is 12.2 Å². The van der Waals surface area contributed by atoms with Crippen LogP contribution in [0.4, 0.5) is 4.79 Å². The number of likely N-dealkylation sites (N-methyl/N-ethyl adjacent to an activating group) is 1. The van der Waals surface area contributed by atoms with Crippen molar-refractivity contribution in [2.24, 2.45) is 5.41 Å². The Balaban J connectivity index is 1.77. The number of hydrogen-bond donors (Lipinski definition) is 2. The molecule has 1 atom stereocenters. The summed E-state index contributed by atoms with van der Waals surface area (Å²) in [7, 11) is 1.75. The van der Waals surface area contributed by atoms with Crippen molar-refractivity contribution in [1.82, 2.24) is 15.1 Å².